The Labute approximate surface area is 154 Å². The number of hydrogen-bond donors (Lipinski definition) is 1. The Hall–Kier alpha value is -1.89. The first-order valence-electron chi connectivity index (χ1n) is 8.49. The van der Waals surface area contributed by atoms with Crippen LogP contribution in [-0.4, -0.2) is 52.9 Å². The van der Waals surface area contributed by atoms with Gasteiger partial charge in [0, 0.05) is 37.7 Å². The first-order valence-corrected chi connectivity index (χ1v) is 8.49. The van der Waals surface area contributed by atoms with Gasteiger partial charge < -0.3 is 15.4 Å². The lowest BCUT2D eigenvalue weighted by atomic mass is 10.1. The number of piperidine rings is 1. The molecular formula is C18H25ClN4O2. The Morgan fingerprint density at radius 3 is 2.56 bits per heavy atom. The number of benzene rings is 1. The van der Waals surface area contributed by atoms with Gasteiger partial charge in [-0.3, -0.25) is 4.79 Å². The third-order valence-electron chi connectivity index (χ3n) is 4.31. The van der Waals surface area contributed by atoms with Gasteiger partial charge in [-0.05, 0) is 56.1 Å². The van der Waals surface area contributed by atoms with Gasteiger partial charge in [-0.1, -0.05) is 0 Å². The SMILES string of the molecule is Cl.NCCCOC1CCN(C(=O)c2ccc(-n3cccn3)cc2)CC1. The van der Waals surface area contributed by atoms with Crippen molar-refractivity contribution in [2.24, 2.45) is 5.73 Å². The van der Waals surface area contributed by atoms with Gasteiger partial charge in [-0.25, -0.2) is 4.68 Å². The molecule has 0 saturated carbocycles. The van der Waals surface area contributed by atoms with Gasteiger partial charge in [0.05, 0.1) is 11.8 Å². The Morgan fingerprint density at radius 1 is 1.24 bits per heavy atom. The number of carbonyl (C=O) groups is 1. The van der Waals surface area contributed by atoms with E-state index in [1.807, 2.05) is 41.4 Å². The third-order valence-corrected chi connectivity index (χ3v) is 4.31. The van der Waals surface area contributed by atoms with Crippen molar-refractivity contribution in [2.45, 2.75) is 25.4 Å². The number of carbonyl (C=O) groups excluding carboxylic acids is 1. The van der Waals surface area contributed by atoms with Crippen LogP contribution in [0.15, 0.2) is 42.7 Å². The summed E-state index contributed by atoms with van der Waals surface area (Å²) < 4.78 is 7.56. The van der Waals surface area contributed by atoms with Crippen LogP contribution in [0.1, 0.15) is 29.6 Å². The average Bonchev–Trinajstić information content (AvgIpc) is 3.17. The number of nitrogens with zero attached hydrogens (tertiary/aromatic N) is 3. The third kappa shape index (κ3) is 5.04. The van der Waals surface area contributed by atoms with E-state index in [0.29, 0.717) is 18.7 Å². The van der Waals surface area contributed by atoms with E-state index in [0.717, 1.165) is 38.0 Å². The van der Waals surface area contributed by atoms with Gasteiger partial charge in [0.1, 0.15) is 0 Å². The van der Waals surface area contributed by atoms with Crippen molar-refractivity contribution in [1.29, 1.82) is 0 Å². The second kappa shape index (κ2) is 9.56. The molecule has 0 unspecified atom stereocenters. The summed E-state index contributed by atoms with van der Waals surface area (Å²) in [5, 5.41) is 4.19. The predicted molar refractivity (Wildman–Crippen MR) is 99.4 cm³/mol. The number of ether oxygens (including phenoxy) is 1. The van der Waals surface area contributed by atoms with Crippen molar-refractivity contribution in [2.75, 3.05) is 26.2 Å². The van der Waals surface area contributed by atoms with Crippen LogP contribution in [0.4, 0.5) is 0 Å². The van der Waals surface area contributed by atoms with Crippen LogP contribution in [0.3, 0.4) is 0 Å². The topological polar surface area (TPSA) is 73.4 Å². The second-order valence-electron chi connectivity index (χ2n) is 6.00. The number of amides is 1. The van der Waals surface area contributed by atoms with Crippen LogP contribution in [0, 0.1) is 0 Å². The highest BCUT2D eigenvalue weighted by molar-refractivity contribution is 5.94. The summed E-state index contributed by atoms with van der Waals surface area (Å²) >= 11 is 0. The largest absolute Gasteiger partial charge is 0.378 e. The summed E-state index contributed by atoms with van der Waals surface area (Å²) in [5.41, 5.74) is 7.14. The first kappa shape index (κ1) is 19.4. The number of nitrogens with two attached hydrogens (primary N) is 1. The van der Waals surface area contributed by atoms with Crippen molar-refractivity contribution in [3.8, 4) is 5.69 Å². The summed E-state index contributed by atoms with van der Waals surface area (Å²) in [6.45, 7) is 2.86. The minimum Gasteiger partial charge on any atom is -0.378 e. The van der Waals surface area contributed by atoms with Crippen molar-refractivity contribution in [1.82, 2.24) is 14.7 Å². The molecule has 0 aliphatic carbocycles. The molecule has 7 heteroatoms. The Balaban J connectivity index is 0.00000225. The van der Waals surface area contributed by atoms with Gasteiger partial charge in [0.25, 0.3) is 5.91 Å². The normalized spacial score (nSPS) is 15.0. The van der Waals surface area contributed by atoms with Gasteiger partial charge in [0.2, 0.25) is 0 Å². The molecule has 0 bridgehead atoms. The zero-order valence-corrected chi connectivity index (χ0v) is 15.0. The van der Waals surface area contributed by atoms with Crippen molar-refractivity contribution in [3.05, 3.63) is 48.3 Å². The van der Waals surface area contributed by atoms with Crippen molar-refractivity contribution < 1.29 is 9.53 Å². The molecule has 1 amide bonds. The fourth-order valence-electron chi connectivity index (χ4n) is 2.92. The number of rotatable bonds is 6. The monoisotopic (exact) mass is 364 g/mol. The van der Waals surface area contributed by atoms with Crippen LogP contribution in [0.5, 0.6) is 0 Å². The molecule has 1 fully saturated rings. The van der Waals surface area contributed by atoms with Gasteiger partial charge in [-0.15, -0.1) is 12.4 Å². The van der Waals surface area contributed by atoms with Crippen LogP contribution >= 0.6 is 12.4 Å². The Kier molecular flexibility index (Phi) is 7.43. The summed E-state index contributed by atoms with van der Waals surface area (Å²) in [6.07, 6.45) is 6.54. The molecule has 1 aliphatic rings. The lowest BCUT2D eigenvalue weighted by molar-refractivity contribution is 0.00845. The molecule has 2 aromatic rings. The molecule has 6 nitrogen and oxygen atoms in total. The summed E-state index contributed by atoms with van der Waals surface area (Å²) in [5.74, 6) is 0.0856. The van der Waals surface area contributed by atoms with Crippen LogP contribution < -0.4 is 5.73 Å². The molecule has 1 saturated heterocycles. The molecular weight excluding hydrogens is 340 g/mol. The smallest absolute Gasteiger partial charge is 0.253 e. The highest BCUT2D eigenvalue weighted by Gasteiger charge is 2.23. The van der Waals surface area contributed by atoms with E-state index < -0.39 is 0 Å². The number of aromatic nitrogens is 2. The summed E-state index contributed by atoms with van der Waals surface area (Å²) in [7, 11) is 0. The van der Waals surface area contributed by atoms with E-state index in [1.165, 1.54) is 0 Å². The minimum atomic E-state index is 0. The first-order chi connectivity index (χ1) is 11.8. The van der Waals surface area contributed by atoms with E-state index >= 15 is 0 Å². The Bertz CT molecular complexity index is 638. The average molecular weight is 365 g/mol. The maximum Gasteiger partial charge on any atom is 0.253 e. The van der Waals surface area contributed by atoms with Crippen molar-refractivity contribution >= 4 is 18.3 Å². The maximum atomic E-state index is 12.6. The predicted octanol–water partition coefficient (Wildman–Crippen LogP) is 2.26. The molecule has 0 atom stereocenters. The number of hydrogen-bond acceptors (Lipinski definition) is 4. The molecule has 136 valence electrons. The summed E-state index contributed by atoms with van der Waals surface area (Å²) in [6, 6.07) is 9.44. The second-order valence-corrected chi connectivity index (χ2v) is 6.00. The molecule has 1 aliphatic heterocycles. The molecule has 1 aromatic heterocycles. The highest BCUT2D eigenvalue weighted by atomic mass is 35.5. The molecule has 25 heavy (non-hydrogen) atoms. The fourth-order valence-corrected chi connectivity index (χ4v) is 2.92. The van der Waals surface area contributed by atoms with E-state index in [4.69, 9.17) is 10.5 Å². The maximum absolute atomic E-state index is 12.6. The van der Waals surface area contributed by atoms with Gasteiger partial charge in [0.15, 0.2) is 0 Å². The van der Waals surface area contributed by atoms with Gasteiger partial charge >= 0.3 is 0 Å². The standard InChI is InChI=1S/C18H24N4O2.ClH/c19-9-1-14-24-17-7-12-21(13-8-17)18(23)15-3-5-16(6-4-15)22-11-2-10-20-22;/h2-6,10-11,17H,1,7-9,12-14,19H2;1H. The quantitative estimate of drug-likeness (QED) is 0.798. The zero-order chi connectivity index (χ0) is 16.8. The molecule has 2 heterocycles. The number of likely N-dealkylation sites (tertiary alicyclic amines) is 1. The highest BCUT2D eigenvalue weighted by Crippen LogP contribution is 2.17. The van der Waals surface area contributed by atoms with E-state index in [9.17, 15) is 4.79 Å². The molecule has 1 aromatic carbocycles. The number of halogens is 1. The van der Waals surface area contributed by atoms with E-state index in [1.54, 1.807) is 10.9 Å². The van der Waals surface area contributed by atoms with Crippen LogP contribution in [0.25, 0.3) is 5.69 Å². The van der Waals surface area contributed by atoms with E-state index in [-0.39, 0.29) is 24.4 Å². The minimum absolute atomic E-state index is 0. The Morgan fingerprint density at radius 2 is 1.96 bits per heavy atom. The summed E-state index contributed by atoms with van der Waals surface area (Å²) in [4.78, 5) is 14.5. The fraction of sp³-hybridized carbons (Fsp3) is 0.444. The lowest BCUT2D eigenvalue weighted by Gasteiger charge is -2.32. The lowest BCUT2D eigenvalue weighted by Crippen LogP contribution is -2.41. The van der Waals surface area contributed by atoms with Crippen molar-refractivity contribution in [3.63, 3.8) is 0 Å². The molecule has 3 rings (SSSR count). The van der Waals surface area contributed by atoms with Crippen LogP contribution in [-0.2, 0) is 4.74 Å². The molecule has 0 spiro atoms. The van der Waals surface area contributed by atoms with Crippen LogP contribution in [0.2, 0.25) is 0 Å². The molecule has 2 N–H and O–H groups in total. The zero-order valence-electron chi connectivity index (χ0n) is 14.2. The molecule has 0 radical (unpaired) electrons. The van der Waals surface area contributed by atoms with Gasteiger partial charge in [-0.2, -0.15) is 5.10 Å². The van der Waals surface area contributed by atoms with E-state index in [2.05, 4.69) is 5.10 Å².